The standard InChI is InChI=1S/C13H14N4.CH2O.ClH/c1-9-2-5-11(6-3-9)16-17-13-7-4-10(14)8-12(13)15;1-2;/h2-8H,14-15H2,1H3;1H2;1H. The van der Waals surface area contributed by atoms with Crippen LogP contribution in [0.5, 0.6) is 0 Å². The Hall–Kier alpha value is -2.40. The van der Waals surface area contributed by atoms with Crippen molar-refractivity contribution in [2.45, 2.75) is 6.92 Å². The summed E-state index contributed by atoms with van der Waals surface area (Å²) in [6.45, 7) is 4.03. The second kappa shape index (κ2) is 8.66. The van der Waals surface area contributed by atoms with Crippen molar-refractivity contribution in [3.05, 3.63) is 48.0 Å². The summed E-state index contributed by atoms with van der Waals surface area (Å²) < 4.78 is 0. The Balaban J connectivity index is 0.00000115. The molecule has 0 aliphatic heterocycles. The van der Waals surface area contributed by atoms with Gasteiger partial charge >= 0.3 is 0 Å². The average Bonchev–Trinajstić information content (AvgIpc) is 2.42. The molecule has 0 saturated carbocycles. The summed E-state index contributed by atoms with van der Waals surface area (Å²) in [6.07, 6.45) is 0. The van der Waals surface area contributed by atoms with Gasteiger partial charge in [-0.05, 0) is 37.3 Å². The van der Waals surface area contributed by atoms with Gasteiger partial charge in [0.05, 0.1) is 11.4 Å². The molecule has 2 aromatic rings. The van der Waals surface area contributed by atoms with Crippen LogP contribution in [0.4, 0.5) is 22.7 Å². The molecule has 2 aromatic carbocycles. The van der Waals surface area contributed by atoms with Crippen LogP contribution in [-0.4, -0.2) is 6.79 Å². The highest BCUT2D eigenvalue weighted by Crippen LogP contribution is 2.26. The molecule has 0 heterocycles. The van der Waals surface area contributed by atoms with E-state index in [1.807, 2.05) is 38.0 Å². The lowest BCUT2D eigenvalue weighted by atomic mass is 10.2. The maximum atomic E-state index is 8.00. The number of rotatable bonds is 2. The second-order valence-corrected chi connectivity index (χ2v) is 3.85. The second-order valence-electron chi connectivity index (χ2n) is 3.85. The van der Waals surface area contributed by atoms with E-state index in [-0.39, 0.29) is 12.4 Å². The summed E-state index contributed by atoms with van der Waals surface area (Å²) in [5.74, 6) is 0. The average molecular weight is 293 g/mol. The molecular weight excluding hydrogens is 276 g/mol. The summed E-state index contributed by atoms with van der Waals surface area (Å²) in [4.78, 5) is 8.00. The zero-order valence-corrected chi connectivity index (χ0v) is 11.9. The van der Waals surface area contributed by atoms with E-state index in [9.17, 15) is 0 Å². The Morgan fingerprint density at radius 3 is 2.10 bits per heavy atom. The fourth-order valence-electron chi connectivity index (χ4n) is 1.39. The van der Waals surface area contributed by atoms with Crippen LogP contribution in [0.15, 0.2) is 52.7 Å². The van der Waals surface area contributed by atoms with Crippen LogP contribution in [0, 0.1) is 6.92 Å². The molecule has 0 aliphatic carbocycles. The third-order valence-corrected chi connectivity index (χ3v) is 2.36. The topological polar surface area (TPSA) is 93.8 Å². The zero-order valence-electron chi connectivity index (χ0n) is 11.1. The Morgan fingerprint density at radius 1 is 0.950 bits per heavy atom. The van der Waals surface area contributed by atoms with Gasteiger partial charge in [-0.25, -0.2) is 0 Å². The molecule has 2 rings (SSSR count). The number of benzene rings is 2. The van der Waals surface area contributed by atoms with Crippen molar-refractivity contribution in [3.63, 3.8) is 0 Å². The zero-order chi connectivity index (χ0) is 14.3. The van der Waals surface area contributed by atoms with Gasteiger partial charge in [-0.2, -0.15) is 5.11 Å². The number of nitrogen functional groups attached to an aromatic ring is 2. The largest absolute Gasteiger partial charge is 0.399 e. The molecule has 106 valence electrons. The van der Waals surface area contributed by atoms with Gasteiger partial charge in [0.25, 0.3) is 0 Å². The fraction of sp³-hybridized carbons (Fsp3) is 0.0714. The van der Waals surface area contributed by atoms with Gasteiger partial charge < -0.3 is 16.3 Å². The number of halogens is 1. The van der Waals surface area contributed by atoms with E-state index in [2.05, 4.69) is 10.2 Å². The van der Waals surface area contributed by atoms with Crippen molar-refractivity contribution in [2.75, 3.05) is 11.5 Å². The maximum Gasteiger partial charge on any atom is 0.109 e. The van der Waals surface area contributed by atoms with E-state index >= 15 is 0 Å². The lowest BCUT2D eigenvalue weighted by molar-refractivity contribution is -0.0979. The van der Waals surface area contributed by atoms with Crippen molar-refractivity contribution in [1.29, 1.82) is 0 Å². The summed E-state index contributed by atoms with van der Waals surface area (Å²) in [7, 11) is 0. The van der Waals surface area contributed by atoms with E-state index in [1.165, 1.54) is 5.56 Å². The minimum Gasteiger partial charge on any atom is -0.399 e. The normalized spacial score (nSPS) is 9.45. The monoisotopic (exact) mass is 292 g/mol. The summed E-state index contributed by atoms with van der Waals surface area (Å²) in [6, 6.07) is 13.0. The van der Waals surface area contributed by atoms with Gasteiger partial charge in [0.1, 0.15) is 12.5 Å². The van der Waals surface area contributed by atoms with Crippen LogP contribution in [0.3, 0.4) is 0 Å². The Bertz CT molecular complexity index is 570. The van der Waals surface area contributed by atoms with E-state index in [4.69, 9.17) is 16.3 Å². The van der Waals surface area contributed by atoms with Crippen molar-refractivity contribution < 1.29 is 4.79 Å². The Morgan fingerprint density at radius 2 is 1.55 bits per heavy atom. The highest BCUT2D eigenvalue weighted by Gasteiger charge is 1.97. The molecule has 0 radical (unpaired) electrons. The van der Waals surface area contributed by atoms with E-state index < -0.39 is 0 Å². The van der Waals surface area contributed by atoms with Crippen LogP contribution in [0.1, 0.15) is 5.56 Å². The van der Waals surface area contributed by atoms with E-state index in [0.29, 0.717) is 17.1 Å². The predicted octanol–water partition coefficient (Wildman–Crippen LogP) is 3.81. The number of carbonyl (C=O) groups excluding carboxylic acids is 1. The Labute approximate surface area is 124 Å². The minimum absolute atomic E-state index is 0. The first kappa shape index (κ1) is 17.6. The smallest absolute Gasteiger partial charge is 0.109 e. The van der Waals surface area contributed by atoms with E-state index in [1.54, 1.807) is 18.2 Å². The van der Waals surface area contributed by atoms with Gasteiger partial charge in [-0.3, -0.25) is 0 Å². The number of aryl methyl sites for hydroxylation is 1. The van der Waals surface area contributed by atoms with Crippen LogP contribution in [0.2, 0.25) is 0 Å². The third-order valence-electron chi connectivity index (χ3n) is 2.36. The van der Waals surface area contributed by atoms with Crippen molar-refractivity contribution >= 4 is 41.9 Å². The first-order valence-electron chi connectivity index (χ1n) is 5.57. The van der Waals surface area contributed by atoms with Crippen LogP contribution in [0.25, 0.3) is 0 Å². The van der Waals surface area contributed by atoms with Crippen LogP contribution < -0.4 is 11.5 Å². The number of azo groups is 1. The number of nitrogens with two attached hydrogens (primary N) is 2. The maximum absolute atomic E-state index is 8.00. The molecule has 0 aromatic heterocycles. The highest BCUT2D eigenvalue weighted by atomic mass is 35.5. The van der Waals surface area contributed by atoms with Crippen molar-refractivity contribution in [3.8, 4) is 0 Å². The molecule has 6 heteroatoms. The molecule has 0 atom stereocenters. The lowest BCUT2D eigenvalue weighted by Crippen LogP contribution is -1.89. The number of carbonyl (C=O) groups is 1. The molecule has 4 N–H and O–H groups in total. The van der Waals surface area contributed by atoms with Crippen molar-refractivity contribution in [2.24, 2.45) is 10.2 Å². The minimum atomic E-state index is 0. The molecule has 0 unspecified atom stereocenters. The van der Waals surface area contributed by atoms with E-state index in [0.717, 1.165) is 5.69 Å². The molecule has 20 heavy (non-hydrogen) atoms. The molecule has 0 saturated heterocycles. The third kappa shape index (κ3) is 5.07. The molecule has 0 bridgehead atoms. The summed E-state index contributed by atoms with van der Waals surface area (Å²) in [5.41, 5.74) is 15.1. The van der Waals surface area contributed by atoms with Crippen LogP contribution in [-0.2, 0) is 4.79 Å². The molecule has 0 fully saturated rings. The molecule has 0 aliphatic rings. The number of hydrogen-bond donors (Lipinski definition) is 2. The van der Waals surface area contributed by atoms with Gasteiger partial charge in [-0.1, -0.05) is 17.7 Å². The molecule has 5 nitrogen and oxygen atoms in total. The number of nitrogens with zero attached hydrogens (tertiary/aromatic N) is 2. The van der Waals surface area contributed by atoms with Gasteiger partial charge in [0, 0.05) is 5.69 Å². The summed E-state index contributed by atoms with van der Waals surface area (Å²) in [5, 5.41) is 8.20. The SMILES string of the molecule is C=O.Cc1ccc(N=Nc2ccc(N)cc2N)cc1.Cl. The first-order chi connectivity index (χ1) is 9.15. The summed E-state index contributed by atoms with van der Waals surface area (Å²) >= 11 is 0. The predicted molar refractivity (Wildman–Crippen MR) is 85.0 cm³/mol. The van der Waals surface area contributed by atoms with Gasteiger partial charge in [0.15, 0.2) is 0 Å². The first-order valence-corrected chi connectivity index (χ1v) is 5.57. The van der Waals surface area contributed by atoms with Gasteiger partial charge in [0.2, 0.25) is 0 Å². The lowest BCUT2D eigenvalue weighted by Gasteiger charge is -2.00. The Kier molecular flexibility index (Phi) is 7.62. The highest BCUT2D eigenvalue weighted by molar-refractivity contribution is 5.85. The number of anilines is 2. The number of hydrogen-bond acceptors (Lipinski definition) is 5. The van der Waals surface area contributed by atoms with Crippen molar-refractivity contribution in [1.82, 2.24) is 0 Å². The molecule has 0 spiro atoms. The molecular formula is C14H17ClN4O. The van der Waals surface area contributed by atoms with Gasteiger partial charge in [-0.15, -0.1) is 17.5 Å². The fourth-order valence-corrected chi connectivity index (χ4v) is 1.39. The quantitative estimate of drug-likeness (QED) is 0.651. The van der Waals surface area contributed by atoms with Crippen LogP contribution >= 0.6 is 12.4 Å². The molecule has 0 amide bonds.